The van der Waals surface area contributed by atoms with Gasteiger partial charge in [0.15, 0.2) is 0 Å². The Morgan fingerprint density at radius 2 is 1.95 bits per heavy atom. The third-order valence-electron chi connectivity index (χ3n) is 3.28. The van der Waals surface area contributed by atoms with Gasteiger partial charge in [0, 0.05) is 11.7 Å². The molecule has 0 aromatic carbocycles. The quantitative estimate of drug-likeness (QED) is 0.740. The largest absolute Gasteiger partial charge is 0.433 e. The van der Waals surface area contributed by atoms with Gasteiger partial charge in [0.25, 0.3) is 0 Å². The lowest BCUT2D eigenvalue weighted by atomic mass is 10.2. The first-order valence-corrected chi connectivity index (χ1v) is 6.63. The molecule has 1 aliphatic rings. The fraction of sp³-hybridized carbons (Fsp3) is 0.643. The number of allylic oxidation sites excluding steroid dienone is 3. The predicted molar refractivity (Wildman–Crippen MR) is 72.1 cm³/mol. The van der Waals surface area contributed by atoms with Crippen molar-refractivity contribution < 1.29 is 13.2 Å². The Morgan fingerprint density at radius 1 is 1.37 bits per heavy atom. The minimum atomic E-state index is -4.45. The predicted octanol–water partition coefficient (Wildman–Crippen LogP) is 4.35. The van der Waals surface area contributed by atoms with Gasteiger partial charge in [0.05, 0.1) is 5.70 Å². The summed E-state index contributed by atoms with van der Waals surface area (Å²) in [6, 6.07) is 0.370. The zero-order valence-electron chi connectivity index (χ0n) is 11.5. The number of hydrogen-bond acceptors (Lipinski definition) is 2. The second-order valence-corrected chi connectivity index (χ2v) is 4.75. The van der Waals surface area contributed by atoms with Crippen LogP contribution in [0, 0.1) is 0 Å². The number of rotatable bonds is 5. The first-order valence-electron chi connectivity index (χ1n) is 6.63. The Hall–Kier alpha value is -1.26. The van der Waals surface area contributed by atoms with E-state index in [0.717, 1.165) is 24.6 Å². The van der Waals surface area contributed by atoms with Crippen LogP contribution in [0.4, 0.5) is 13.2 Å². The van der Waals surface area contributed by atoms with Crippen molar-refractivity contribution in [2.45, 2.75) is 58.2 Å². The molecule has 5 heteroatoms. The fourth-order valence-electron chi connectivity index (χ4n) is 2.26. The smallest absolute Gasteiger partial charge is 0.384 e. The van der Waals surface area contributed by atoms with Gasteiger partial charge in [-0.15, -0.1) is 0 Å². The highest BCUT2D eigenvalue weighted by Gasteiger charge is 2.33. The Morgan fingerprint density at radius 3 is 2.37 bits per heavy atom. The molecule has 19 heavy (non-hydrogen) atoms. The van der Waals surface area contributed by atoms with Gasteiger partial charge in [0.1, 0.15) is 5.71 Å². The summed E-state index contributed by atoms with van der Waals surface area (Å²) in [5.41, 5.74) is 0.244. The van der Waals surface area contributed by atoms with Crippen LogP contribution in [-0.4, -0.2) is 17.9 Å². The second-order valence-electron chi connectivity index (χ2n) is 4.75. The van der Waals surface area contributed by atoms with Crippen molar-refractivity contribution in [2.75, 3.05) is 0 Å². The molecule has 1 aliphatic carbocycles. The lowest BCUT2D eigenvalue weighted by molar-refractivity contribution is -0.0577. The molecule has 0 amide bonds. The normalized spacial score (nSPS) is 19.3. The van der Waals surface area contributed by atoms with Gasteiger partial charge >= 0.3 is 6.18 Å². The molecule has 0 saturated heterocycles. The van der Waals surface area contributed by atoms with Gasteiger partial charge < -0.3 is 5.32 Å². The number of halogens is 3. The molecule has 0 atom stereocenters. The minimum Gasteiger partial charge on any atom is -0.384 e. The van der Waals surface area contributed by atoms with Crippen LogP contribution in [-0.2, 0) is 0 Å². The number of nitrogens with one attached hydrogen (secondary N) is 1. The molecule has 1 N–H and O–H groups in total. The third kappa shape index (κ3) is 4.73. The average molecular weight is 274 g/mol. The molecule has 0 aromatic rings. The summed E-state index contributed by atoms with van der Waals surface area (Å²) in [7, 11) is 0. The third-order valence-corrected chi connectivity index (χ3v) is 3.28. The number of hydrogen-bond donors (Lipinski definition) is 1. The zero-order valence-corrected chi connectivity index (χ0v) is 11.5. The second kappa shape index (κ2) is 6.78. The van der Waals surface area contributed by atoms with Crippen LogP contribution < -0.4 is 5.32 Å². The monoisotopic (exact) mass is 274 g/mol. The first kappa shape index (κ1) is 15.8. The SMILES string of the molecule is C=C/C(=N\C(CC)=C(/C)NC1CCCC1)C(F)(F)F. The highest BCUT2D eigenvalue weighted by molar-refractivity contribution is 5.99. The van der Waals surface area contributed by atoms with Crippen molar-refractivity contribution in [3.05, 3.63) is 24.0 Å². The molecule has 2 nitrogen and oxygen atoms in total. The molecule has 0 aromatic heterocycles. The van der Waals surface area contributed by atoms with Crippen LogP contribution in [0.2, 0.25) is 0 Å². The molecule has 1 saturated carbocycles. The van der Waals surface area contributed by atoms with Gasteiger partial charge in [-0.05, 0) is 32.3 Å². The maximum absolute atomic E-state index is 12.6. The first-order chi connectivity index (χ1) is 8.88. The molecule has 0 radical (unpaired) electrons. The summed E-state index contributed by atoms with van der Waals surface area (Å²) >= 11 is 0. The van der Waals surface area contributed by atoms with Crippen molar-refractivity contribution in [1.82, 2.24) is 5.32 Å². The van der Waals surface area contributed by atoms with E-state index in [9.17, 15) is 13.2 Å². The fourth-order valence-corrected chi connectivity index (χ4v) is 2.26. The van der Waals surface area contributed by atoms with E-state index in [1.807, 2.05) is 0 Å². The molecular weight excluding hydrogens is 253 g/mol. The highest BCUT2D eigenvalue weighted by Crippen LogP contribution is 2.23. The Balaban J connectivity index is 2.90. The van der Waals surface area contributed by atoms with Gasteiger partial charge in [-0.25, -0.2) is 4.99 Å². The van der Waals surface area contributed by atoms with Gasteiger partial charge in [0.2, 0.25) is 0 Å². The van der Waals surface area contributed by atoms with E-state index >= 15 is 0 Å². The molecule has 108 valence electrons. The minimum absolute atomic E-state index is 0.370. The Kier molecular flexibility index (Phi) is 5.63. The zero-order chi connectivity index (χ0) is 14.5. The van der Waals surface area contributed by atoms with Gasteiger partial charge in [-0.1, -0.05) is 26.3 Å². The van der Waals surface area contributed by atoms with Crippen LogP contribution >= 0.6 is 0 Å². The van der Waals surface area contributed by atoms with Crippen LogP contribution in [0.25, 0.3) is 0 Å². The molecule has 0 spiro atoms. The molecule has 1 fully saturated rings. The van der Waals surface area contributed by atoms with Gasteiger partial charge in [-0.3, -0.25) is 0 Å². The molecule has 0 heterocycles. The number of nitrogens with zero attached hydrogens (tertiary/aromatic N) is 1. The molecule has 1 rings (SSSR count). The lowest BCUT2D eigenvalue weighted by Crippen LogP contribution is -2.26. The van der Waals surface area contributed by atoms with E-state index in [0.29, 0.717) is 18.2 Å². The van der Waals surface area contributed by atoms with Crippen molar-refractivity contribution in [3.63, 3.8) is 0 Å². The lowest BCUT2D eigenvalue weighted by Gasteiger charge is -2.16. The summed E-state index contributed by atoms with van der Waals surface area (Å²) in [6.45, 7) is 6.77. The standard InChI is InChI=1S/C14H21F3N2/c1-4-12(19-13(5-2)14(15,16)17)10(3)18-11-8-6-7-9-11/h5,11,18H,2,4,6-9H2,1,3H3/b12-10+,19-13+. The number of alkyl halides is 3. The average Bonchev–Trinajstić information content (AvgIpc) is 2.81. The van der Waals surface area contributed by atoms with Gasteiger partial charge in [-0.2, -0.15) is 13.2 Å². The van der Waals surface area contributed by atoms with Crippen molar-refractivity contribution in [3.8, 4) is 0 Å². The molecule has 0 aliphatic heterocycles. The van der Waals surface area contributed by atoms with Crippen molar-refractivity contribution in [1.29, 1.82) is 0 Å². The van der Waals surface area contributed by atoms with E-state index in [4.69, 9.17) is 0 Å². The summed E-state index contributed by atoms with van der Waals surface area (Å²) < 4.78 is 37.9. The summed E-state index contributed by atoms with van der Waals surface area (Å²) in [5, 5.41) is 3.28. The van der Waals surface area contributed by atoms with E-state index in [1.165, 1.54) is 12.8 Å². The molecule has 0 unspecified atom stereocenters. The van der Waals surface area contributed by atoms with Crippen molar-refractivity contribution >= 4 is 5.71 Å². The maximum Gasteiger partial charge on any atom is 0.433 e. The van der Waals surface area contributed by atoms with Crippen molar-refractivity contribution in [2.24, 2.45) is 4.99 Å². The van der Waals surface area contributed by atoms with Crippen LogP contribution in [0.3, 0.4) is 0 Å². The number of aliphatic imine (C=N–C) groups is 1. The Labute approximate surface area is 112 Å². The molecule has 0 bridgehead atoms. The topological polar surface area (TPSA) is 24.4 Å². The van der Waals surface area contributed by atoms with E-state index in [-0.39, 0.29) is 0 Å². The van der Waals surface area contributed by atoms with E-state index < -0.39 is 11.9 Å². The van der Waals surface area contributed by atoms with Crippen LogP contribution in [0.1, 0.15) is 46.0 Å². The summed E-state index contributed by atoms with van der Waals surface area (Å²) in [4.78, 5) is 3.72. The van der Waals surface area contributed by atoms with E-state index in [2.05, 4.69) is 16.9 Å². The highest BCUT2D eigenvalue weighted by atomic mass is 19.4. The van der Waals surface area contributed by atoms with Crippen LogP contribution in [0.5, 0.6) is 0 Å². The summed E-state index contributed by atoms with van der Waals surface area (Å²) in [6.07, 6.45) is 1.27. The Bertz CT molecular complexity index is 375. The maximum atomic E-state index is 12.6. The molecular formula is C14H21F3N2. The van der Waals surface area contributed by atoms with E-state index in [1.54, 1.807) is 13.8 Å². The van der Waals surface area contributed by atoms with Crippen LogP contribution in [0.15, 0.2) is 29.0 Å². The summed E-state index contributed by atoms with van der Waals surface area (Å²) in [5.74, 6) is 0.